The average Bonchev–Trinajstić information content (AvgIpc) is 2.29. The van der Waals surface area contributed by atoms with Crippen molar-refractivity contribution in [2.24, 2.45) is 0 Å². The van der Waals surface area contributed by atoms with Crippen LogP contribution in [-0.2, 0) is 5.41 Å². The summed E-state index contributed by atoms with van der Waals surface area (Å²) in [5.41, 5.74) is 8.71. The lowest BCUT2D eigenvalue weighted by atomic mass is 9.69. The van der Waals surface area contributed by atoms with E-state index in [4.69, 9.17) is 22.7 Å². The summed E-state index contributed by atoms with van der Waals surface area (Å²) in [6.07, 6.45) is 7.49. The minimum Gasteiger partial charge on any atom is -0.398 e. The quantitative estimate of drug-likeness (QED) is 0.602. The highest BCUT2D eigenvalue weighted by Crippen LogP contribution is 2.42. The maximum absolute atomic E-state index is 7.55. The molecule has 0 amide bonds. The molecule has 0 aliphatic heterocycles. The van der Waals surface area contributed by atoms with E-state index in [1.165, 1.54) is 25.5 Å². The van der Waals surface area contributed by atoms with Gasteiger partial charge in [-0.2, -0.15) is 0 Å². The molecule has 1 aliphatic carbocycles. The fourth-order valence-corrected chi connectivity index (χ4v) is 3.13. The Bertz CT molecular complexity index is 434. The van der Waals surface area contributed by atoms with Crippen LogP contribution in [0.4, 0.5) is 5.69 Å². The first-order valence-electron chi connectivity index (χ1n) is 6.17. The summed E-state index contributed by atoms with van der Waals surface area (Å²) >= 11 is 6.11. The third-order valence-corrected chi connectivity index (χ3v) is 4.15. The number of hydrogen-bond acceptors (Lipinski definition) is 2. The number of nitrogens with one attached hydrogen (secondary N) is 1. The van der Waals surface area contributed by atoms with Gasteiger partial charge in [0, 0.05) is 22.5 Å². The van der Waals surface area contributed by atoms with Crippen LogP contribution in [0, 0.1) is 5.41 Å². The summed E-state index contributed by atoms with van der Waals surface area (Å²) in [6.45, 7) is 2.27. The van der Waals surface area contributed by atoms with Gasteiger partial charge in [0.15, 0.2) is 0 Å². The summed E-state index contributed by atoms with van der Waals surface area (Å²) in [5.74, 6) is 0. The van der Waals surface area contributed by atoms with Gasteiger partial charge in [-0.1, -0.05) is 37.8 Å². The molecule has 0 saturated heterocycles. The van der Waals surface area contributed by atoms with E-state index in [0.717, 1.165) is 24.0 Å². The van der Waals surface area contributed by atoms with Crippen molar-refractivity contribution in [2.45, 2.75) is 44.4 Å². The predicted octanol–water partition coefficient (Wildman–Crippen LogP) is 4.14. The van der Waals surface area contributed by atoms with Crippen LogP contribution in [0.1, 0.15) is 50.2 Å². The standard InChI is InChI=1S/C14H19ClN2/c1-14(5-3-2-4-6-14)12-7-10(15)8-13(17)11(12)9-16/h7-9,16H,2-6,17H2,1H3. The Morgan fingerprint density at radius 3 is 2.53 bits per heavy atom. The van der Waals surface area contributed by atoms with Crippen molar-refractivity contribution >= 4 is 23.5 Å². The minimum atomic E-state index is 0.129. The molecule has 0 heterocycles. The van der Waals surface area contributed by atoms with Gasteiger partial charge in [-0.15, -0.1) is 0 Å². The van der Waals surface area contributed by atoms with E-state index < -0.39 is 0 Å². The second-order valence-electron chi connectivity index (χ2n) is 5.22. The van der Waals surface area contributed by atoms with Gasteiger partial charge in [0.05, 0.1) is 0 Å². The molecule has 1 aromatic carbocycles. The molecule has 0 unspecified atom stereocenters. The van der Waals surface area contributed by atoms with Crippen LogP contribution in [0.15, 0.2) is 12.1 Å². The van der Waals surface area contributed by atoms with Gasteiger partial charge in [-0.3, -0.25) is 0 Å². The third-order valence-electron chi connectivity index (χ3n) is 3.93. The average molecular weight is 251 g/mol. The molecule has 1 saturated carbocycles. The molecule has 0 spiro atoms. The topological polar surface area (TPSA) is 49.9 Å². The van der Waals surface area contributed by atoms with Crippen molar-refractivity contribution in [2.75, 3.05) is 5.73 Å². The van der Waals surface area contributed by atoms with E-state index in [1.807, 2.05) is 6.07 Å². The van der Waals surface area contributed by atoms with Crippen LogP contribution in [-0.4, -0.2) is 6.21 Å². The van der Waals surface area contributed by atoms with Gasteiger partial charge in [0.2, 0.25) is 0 Å². The van der Waals surface area contributed by atoms with Gasteiger partial charge < -0.3 is 11.1 Å². The van der Waals surface area contributed by atoms with Gasteiger partial charge in [0.1, 0.15) is 0 Å². The molecule has 0 bridgehead atoms. The first-order chi connectivity index (χ1) is 8.07. The van der Waals surface area contributed by atoms with Crippen molar-refractivity contribution in [3.63, 3.8) is 0 Å². The Balaban J connectivity index is 2.52. The van der Waals surface area contributed by atoms with Crippen molar-refractivity contribution in [3.8, 4) is 0 Å². The van der Waals surface area contributed by atoms with E-state index in [2.05, 4.69) is 6.92 Å². The maximum atomic E-state index is 7.55. The molecular weight excluding hydrogens is 232 g/mol. The summed E-state index contributed by atoms with van der Waals surface area (Å²) in [6, 6.07) is 3.72. The molecule has 1 fully saturated rings. The summed E-state index contributed by atoms with van der Waals surface area (Å²) in [7, 11) is 0. The normalized spacial score (nSPS) is 18.9. The maximum Gasteiger partial charge on any atom is 0.0429 e. The molecule has 3 N–H and O–H groups in total. The van der Waals surface area contributed by atoms with E-state index in [1.54, 1.807) is 6.07 Å². The van der Waals surface area contributed by atoms with Crippen LogP contribution < -0.4 is 5.73 Å². The number of benzene rings is 1. The number of halogens is 1. The van der Waals surface area contributed by atoms with Crippen molar-refractivity contribution in [1.29, 1.82) is 5.41 Å². The zero-order chi connectivity index (χ0) is 12.5. The number of hydrogen-bond donors (Lipinski definition) is 2. The number of nitrogen functional groups attached to an aromatic ring is 1. The Hall–Kier alpha value is -1.02. The van der Waals surface area contributed by atoms with Gasteiger partial charge >= 0.3 is 0 Å². The molecule has 1 aliphatic rings. The molecule has 92 valence electrons. The van der Waals surface area contributed by atoms with E-state index in [0.29, 0.717) is 10.7 Å². The lowest BCUT2D eigenvalue weighted by molar-refractivity contribution is 0.319. The highest BCUT2D eigenvalue weighted by atomic mass is 35.5. The van der Waals surface area contributed by atoms with Gasteiger partial charge in [-0.05, 0) is 36.0 Å². The summed E-state index contributed by atoms with van der Waals surface area (Å²) in [4.78, 5) is 0. The largest absolute Gasteiger partial charge is 0.398 e. The van der Waals surface area contributed by atoms with E-state index in [9.17, 15) is 0 Å². The SMILES string of the molecule is CC1(c2cc(Cl)cc(N)c2C=N)CCCCC1. The van der Waals surface area contributed by atoms with Crippen molar-refractivity contribution in [1.82, 2.24) is 0 Å². The smallest absolute Gasteiger partial charge is 0.0429 e. The predicted molar refractivity (Wildman–Crippen MR) is 74.2 cm³/mol. The molecular formula is C14H19ClN2. The molecule has 2 rings (SSSR count). The lowest BCUT2D eigenvalue weighted by Gasteiger charge is -2.35. The minimum absolute atomic E-state index is 0.129. The van der Waals surface area contributed by atoms with Crippen LogP contribution >= 0.6 is 11.6 Å². The summed E-state index contributed by atoms with van der Waals surface area (Å²) in [5, 5.41) is 8.23. The third kappa shape index (κ3) is 2.32. The first-order valence-corrected chi connectivity index (χ1v) is 6.54. The van der Waals surface area contributed by atoms with Crippen LogP contribution in [0.2, 0.25) is 5.02 Å². The molecule has 17 heavy (non-hydrogen) atoms. The fraction of sp³-hybridized carbons (Fsp3) is 0.500. The van der Waals surface area contributed by atoms with E-state index >= 15 is 0 Å². The Morgan fingerprint density at radius 2 is 1.94 bits per heavy atom. The Labute approximate surface area is 108 Å². The Morgan fingerprint density at radius 1 is 1.29 bits per heavy atom. The zero-order valence-electron chi connectivity index (χ0n) is 10.2. The molecule has 0 aromatic heterocycles. The monoisotopic (exact) mass is 250 g/mol. The van der Waals surface area contributed by atoms with Gasteiger partial charge in [-0.25, -0.2) is 0 Å². The molecule has 0 radical (unpaired) electrons. The van der Waals surface area contributed by atoms with Crippen molar-refractivity contribution < 1.29 is 0 Å². The zero-order valence-corrected chi connectivity index (χ0v) is 11.0. The van der Waals surface area contributed by atoms with Crippen LogP contribution in [0.3, 0.4) is 0 Å². The lowest BCUT2D eigenvalue weighted by Crippen LogP contribution is -2.27. The van der Waals surface area contributed by atoms with E-state index in [-0.39, 0.29) is 5.41 Å². The number of rotatable bonds is 2. The second kappa shape index (κ2) is 4.69. The first kappa shape index (κ1) is 12.4. The fourth-order valence-electron chi connectivity index (χ4n) is 2.90. The molecule has 3 heteroatoms. The summed E-state index contributed by atoms with van der Waals surface area (Å²) < 4.78 is 0. The number of nitrogens with two attached hydrogens (primary N) is 1. The highest BCUT2D eigenvalue weighted by molar-refractivity contribution is 6.31. The van der Waals surface area contributed by atoms with Crippen molar-refractivity contribution in [3.05, 3.63) is 28.3 Å². The highest BCUT2D eigenvalue weighted by Gasteiger charge is 2.31. The molecule has 2 nitrogen and oxygen atoms in total. The molecule has 1 aromatic rings. The molecule has 0 atom stereocenters. The Kier molecular flexibility index (Phi) is 3.43. The van der Waals surface area contributed by atoms with Crippen LogP contribution in [0.25, 0.3) is 0 Å². The number of anilines is 1. The van der Waals surface area contributed by atoms with Gasteiger partial charge in [0.25, 0.3) is 0 Å². The second-order valence-corrected chi connectivity index (χ2v) is 5.66. The van der Waals surface area contributed by atoms with Crippen LogP contribution in [0.5, 0.6) is 0 Å².